The summed E-state index contributed by atoms with van der Waals surface area (Å²) in [4.78, 5) is 0. The molecule has 1 aromatic heterocycles. The Labute approximate surface area is 121 Å². The van der Waals surface area contributed by atoms with Gasteiger partial charge in [-0.2, -0.15) is 16.9 Å². The van der Waals surface area contributed by atoms with Crippen LogP contribution in [0.5, 0.6) is 0 Å². The van der Waals surface area contributed by atoms with Crippen LogP contribution in [0.2, 0.25) is 0 Å². The summed E-state index contributed by atoms with van der Waals surface area (Å²) in [5.41, 5.74) is 2.53. The molecule has 108 valence electrons. The van der Waals surface area contributed by atoms with E-state index in [1.807, 2.05) is 0 Å². The van der Waals surface area contributed by atoms with E-state index >= 15 is 0 Å². The zero-order valence-corrected chi connectivity index (χ0v) is 13.3. The van der Waals surface area contributed by atoms with Gasteiger partial charge in [-0.3, -0.25) is 4.68 Å². The van der Waals surface area contributed by atoms with Crippen molar-refractivity contribution >= 4 is 11.8 Å². The molecule has 4 heteroatoms. The summed E-state index contributed by atoms with van der Waals surface area (Å²) in [5.74, 6) is 1.33. The fourth-order valence-corrected chi connectivity index (χ4v) is 4.37. The molecule has 19 heavy (non-hydrogen) atoms. The molecule has 1 aromatic rings. The summed E-state index contributed by atoms with van der Waals surface area (Å²) >= 11 is 2.16. The molecular formula is C15H27N3S. The summed E-state index contributed by atoms with van der Waals surface area (Å²) < 4.78 is 2.16. The third-order valence-electron chi connectivity index (χ3n) is 3.84. The van der Waals surface area contributed by atoms with E-state index in [-0.39, 0.29) is 0 Å². The predicted molar refractivity (Wildman–Crippen MR) is 83.9 cm³/mol. The van der Waals surface area contributed by atoms with Gasteiger partial charge in [0.1, 0.15) is 0 Å². The molecular weight excluding hydrogens is 254 g/mol. The molecule has 0 aromatic carbocycles. The molecule has 1 aliphatic rings. The van der Waals surface area contributed by atoms with E-state index in [4.69, 9.17) is 0 Å². The van der Waals surface area contributed by atoms with Gasteiger partial charge < -0.3 is 5.32 Å². The van der Waals surface area contributed by atoms with E-state index in [2.05, 4.69) is 53.7 Å². The average Bonchev–Trinajstić information content (AvgIpc) is 2.79. The molecule has 0 bridgehead atoms. The van der Waals surface area contributed by atoms with Crippen LogP contribution >= 0.6 is 11.8 Å². The fourth-order valence-electron chi connectivity index (χ4n) is 2.94. The molecule has 0 radical (unpaired) electrons. The first-order chi connectivity index (χ1) is 9.24. The molecule has 0 spiro atoms. The van der Waals surface area contributed by atoms with Crippen LogP contribution in [0.15, 0.2) is 6.07 Å². The molecule has 2 heterocycles. The van der Waals surface area contributed by atoms with Crippen LogP contribution in [0, 0.1) is 6.92 Å². The number of hydrogen-bond donors (Lipinski definition) is 1. The van der Waals surface area contributed by atoms with Gasteiger partial charge in [0.2, 0.25) is 0 Å². The lowest BCUT2D eigenvalue weighted by Crippen LogP contribution is -2.41. The number of aryl methyl sites for hydroxylation is 2. The zero-order chi connectivity index (χ0) is 13.7. The lowest BCUT2D eigenvalue weighted by molar-refractivity contribution is 0.456. The number of nitrogens with zero attached hydrogens (tertiary/aromatic N) is 2. The van der Waals surface area contributed by atoms with Gasteiger partial charge in [-0.1, -0.05) is 13.3 Å². The van der Waals surface area contributed by atoms with Crippen LogP contribution in [0.1, 0.15) is 44.5 Å². The van der Waals surface area contributed by atoms with Crippen LogP contribution in [0.4, 0.5) is 0 Å². The first-order valence-corrected chi connectivity index (χ1v) is 8.67. The van der Waals surface area contributed by atoms with Gasteiger partial charge in [-0.15, -0.1) is 0 Å². The van der Waals surface area contributed by atoms with Crippen LogP contribution in [-0.2, 0) is 13.0 Å². The van der Waals surface area contributed by atoms with Gasteiger partial charge in [-0.05, 0) is 45.1 Å². The normalized spacial score (nSPS) is 21.5. The van der Waals surface area contributed by atoms with Crippen LogP contribution in [0.3, 0.4) is 0 Å². The topological polar surface area (TPSA) is 29.9 Å². The van der Waals surface area contributed by atoms with Crippen LogP contribution in [0.25, 0.3) is 0 Å². The predicted octanol–water partition coefficient (Wildman–Crippen LogP) is 3.02. The minimum Gasteiger partial charge on any atom is -0.313 e. The largest absolute Gasteiger partial charge is 0.313 e. The minimum absolute atomic E-state index is 0.594. The smallest absolute Gasteiger partial charge is 0.0596 e. The zero-order valence-electron chi connectivity index (χ0n) is 12.5. The standard InChI is InChI=1S/C15H27N3S/c1-4-16-14(15-8-6-7-9-19-15)11-13-10-12(3)17-18(13)5-2/h10,14-16H,4-9,11H2,1-3H3. The SMILES string of the molecule is CCNC(Cc1cc(C)nn1CC)C1CCCCS1. The molecule has 2 rings (SSSR count). The van der Waals surface area contributed by atoms with E-state index in [0.717, 1.165) is 30.5 Å². The number of likely N-dealkylation sites (N-methyl/N-ethyl adjacent to an activating group) is 1. The van der Waals surface area contributed by atoms with Crippen molar-refractivity contribution in [3.05, 3.63) is 17.5 Å². The molecule has 1 aliphatic heterocycles. The summed E-state index contributed by atoms with van der Waals surface area (Å²) in [5, 5.41) is 9.04. The van der Waals surface area contributed by atoms with E-state index in [1.54, 1.807) is 0 Å². The third-order valence-corrected chi connectivity index (χ3v) is 5.36. The van der Waals surface area contributed by atoms with Gasteiger partial charge in [0, 0.05) is 30.0 Å². The van der Waals surface area contributed by atoms with Crippen molar-refractivity contribution in [2.75, 3.05) is 12.3 Å². The molecule has 0 saturated carbocycles. The van der Waals surface area contributed by atoms with E-state index in [1.165, 1.54) is 30.7 Å². The van der Waals surface area contributed by atoms with Crippen molar-refractivity contribution in [1.29, 1.82) is 0 Å². The average molecular weight is 281 g/mol. The summed E-state index contributed by atoms with van der Waals surface area (Å²) in [6.07, 6.45) is 5.26. The first kappa shape index (κ1) is 14.9. The van der Waals surface area contributed by atoms with E-state index in [9.17, 15) is 0 Å². The van der Waals surface area contributed by atoms with Crippen molar-refractivity contribution in [2.45, 2.75) is 64.3 Å². The number of rotatable bonds is 6. The highest BCUT2D eigenvalue weighted by molar-refractivity contribution is 8.00. The Morgan fingerprint density at radius 3 is 2.95 bits per heavy atom. The highest BCUT2D eigenvalue weighted by Gasteiger charge is 2.24. The van der Waals surface area contributed by atoms with E-state index < -0.39 is 0 Å². The number of hydrogen-bond acceptors (Lipinski definition) is 3. The van der Waals surface area contributed by atoms with E-state index in [0.29, 0.717) is 6.04 Å². The van der Waals surface area contributed by atoms with Crippen molar-refractivity contribution < 1.29 is 0 Å². The van der Waals surface area contributed by atoms with Gasteiger partial charge in [0.25, 0.3) is 0 Å². The van der Waals surface area contributed by atoms with Crippen LogP contribution in [-0.4, -0.2) is 33.4 Å². The molecule has 0 amide bonds. The Bertz CT molecular complexity index is 383. The molecule has 2 atom stereocenters. The maximum absolute atomic E-state index is 4.57. The van der Waals surface area contributed by atoms with Gasteiger partial charge in [-0.25, -0.2) is 0 Å². The van der Waals surface area contributed by atoms with Gasteiger partial charge in [0.15, 0.2) is 0 Å². The third kappa shape index (κ3) is 3.99. The van der Waals surface area contributed by atoms with Gasteiger partial charge in [0.05, 0.1) is 5.69 Å². The number of nitrogens with one attached hydrogen (secondary N) is 1. The van der Waals surface area contributed by atoms with Gasteiger partial charge >= 0.3 is 0 Å². The second-order valence-corrected chi connectivity index (χ2v) is 6.71. The fraction of sp³-hybridized carbons (Fsp3) is 0.800. The lowest BCUT2D eigenvalue weighted by atomic mass is 10.0. The first-order valence-electron chi connectivity index (χ1n) is 7.62. The molecule has 0 aliphatic carbocycles. The second kappa shape index (κ2) is 7.34. The number of aromatic nitrogens is 2. The van der Waals surface area contributed by atoms with Crippen LogP contribution < -0.4 is 5.32 Å². The van der Waals surface area contributed by atoms with Crippen molar-refractivity contribution in [3.8, 4) is 0 Å². The van der Waals surface area contributed by atoms with Crippen molar-refractivity contribution in [1.82, 2.24) is 15.1 Å². The lowest BCUT2D eigenvalue weighted by Gasteiger charge is -2.30. The second-order valence-electron chi connectivity index (χ2n) is 5.37. The molecule has 1 N–H and O–H groups in total. The molecule has 1 fully saturated rings. The summed E-state index contributed by atoms with van der Waals surface area (Å²) in [6, 6.07) is 2.85. The van der Waals surface area contributed by atoms with Crippen molar-refractivity contribution in [3.63, 3.8) is 0 Å². The molecule has 1 saturated heterocycles. The van der Waals surface area contributed by atoms with Crippen molar-refractivity contribution in [2.24, 2.45) is 0 Å². The summed E-state index contributed by atoms with van der Waals surface area (Å²) in [7, 11) is 0. The Morgan fingerprint density at radius 1 is 1.47 bits per heavy atom. The molecule has 3 nitrogen and oxygen atoms in total. The quantitative estimate of drug-likeness (QED) is 0.869. The highest BCUT2D eigenvalue weighted by Crippen LogP contribution is 2.29. The number of thioether (sulfide) groups is 1. The Morgan fingerprint density at radius 2 is 2.32 bits per heavy atom. The Balaban J connectivity index is 2.06. The maximum atomic E-state index is 4.57. The Hall–Kier alpha value is -0.480. The minimum atomic E-state index is 0.594. The monoisotopic (exact) mass is 281 g/mol. The summed E-state index contributed by atoms with van der Waals surface area (Å²) in [6.45, 7) is 8.50. The molecule has 2 unspecified atom stereocenters. The highest BCUT2D eigenvalue weighted by atomic mass is 32.2. The maximum Gasteiger partial charge on any atom is 0.0596 e. The Kier molecular flexibility index (Phi) is 5.76.